The molecule has 7 heteroatoms. The van der Waals surface area contributed by atoms with Gasteiger partial charge < -0.3 is 15.5 Å². The van der Waals surface area contributed by atoms with Crippen LogP contribution in [0.5, 0.6) is 0 Å². The maximum Gasteiger partial charge on any atom is 0.328 e. The standard InChI is InChI=1S/C11H15N3O4/c1-7(15)10(11(17)18)13-9(16)4-3-8-5-6-12-14(8)2/h3-7,10,15H,1-2H3,(H,13,16)(H,17,18)/b4-3+/t7-,10+/m1/s1. The smallest absolute Gasteiger partial charge is 0.328 e. The molecule has 1 aromatic rings. The Morgan fingerprint density at radius 1 is 1.56 bits per heavy atom. The first-order valence-corrected chi connectivity index (χ1v) is 5.29. The van der Waals surface area contributed by atoms with E-state index in [9.17, 15) is 14.7 Å². The molecule has 18 heavy (non-hydrogen) atoms. The van der Waals surface area contributed by atoms with Crippen molar-refractivity contribution in [1.82, 2.24) is 15.1 Å². The predicted octanol–water partition coefficient (Wildman–Crippen LogP) is -0.617. The second-order valence-electron chi connectivity index (χ2n) is 3.78. The fourth-order valence-corrected chi connectivity index (χ4v) is 1.30. The summed E-state index contributed by atoms with van der Waals surface area (Å²) in [4.78, 5) is 22.2. The van der Waals surface area contributed by atoms with Crippen molar-refractivity contribution in [1.29, 1.82) is 0 Å². The monoisotopic (exact) mass is 253 g/mol. The molecular weight excluding hydrogens is 238 g/mol. The number of nitrogens with one attached hydrogen (secondary N) is 1. The van der Waals surface area contributed by atoms with Crippen LogP contribution in [0.3, 0.4) is 0 Å². The Hall–Kier alpha value is -2.15. The largest absolute Gasteiger partial charge is 0.480 e. The first-order chi connectivity index (χ1) is 8.41. The molecule has 98 valence electrons. The maximum atomic E-state index is 11.5. The van der Waals surface area contributed by atoms with Gasteiger partial charge in [-0.3, -0.25) is 9.48 Å². The SMILES string of the molecule is C[C@@H](O)[C@H](NC(=O)/C=C/c1ccnn1C)C(=O)O. The highest BCUT2D eigenvalue weighted by Gasteiger charge is 2.23. The molecule has 0 saturated carbocycles. The number of carbonyl (C=O) groups is 2. The molecule has 7 nitrogen and oxygen atoms in total. The van der Waals surface area contributed by atoms with E-state index in [1.54, 1.807) is 24.0 Å². The van der Waals surface area contributed by atoms with Crippen LogP contribution < -0.4 is 5.32 Å². The third kappa shape index (κ3) is 3.70. The van der Waals surface area contributed by atoms with Crippen LogP contribution >= 0.6 is 0 Å². The zero-order chi connectivity index (χ0) is 13.7. The Morgan fingerprint density at radius 3 is 2.67 bits per heavy atom. The van der Waals surface area contributed by atoms with Gasteiger partial charge in [0.05, 0.1) is 11.8 Å². The molecule has 1 rings (SSSR count). The third-order valence-corrected chi connectivity index (χ3v) is 2.31. The first kappa shape index (κ1) is 13.9. The number of nitrogens with zero attached hydrogens (tertiary/aromatic N) is 2. The Kier molecular flexibility index (Phi) is 4.61. The Bertz CT molecular complexity index is 465. The number of aliphatic hydroxyl groups is 1. The van der Waals surface area contributed by atoms with Gasteiger partial charge in [0.15, 0.2) is 6.04 Å². The quantitative estimate of drug-likeness (QED) is 0.607. The van der Waals surface area contributed by atoms with Crippen LogP contribution in [0.1, 0.15) is 12.6 Å². The average molecular weight is 253 g/mol. The van der Waals surface area contributed by atoms with Crippen LogP contribution in [0.2, 0.25) is 0 Å². The summed E-state index contributed by atoms with van der Waals surface area (Å²) in [6.07, 6.45) is 3.10. The average Bonchev–Trinajstić information content (AvgIpc) is 2.68. The van der Waals surface area contributed by atoms with Crippen LogP contribution in [0.25, 0.3) is 6.08 Å². The summed E-state index contributed by atoms with van der Waals surface area (Å²) in [5.74, 6) is -1.88. The van der Waals surface area contributed by atoms with E-state index < -0.39 is 24.0 Å². The van der Waals surface area contributed by atoms with Gasteiger partial charge >= 0.3 is 5.97 Å². The van der Waals surface area contributed by atoms with E-state index in [-0.39, 0.29) is 0 Å². The van der Waals surface area contributed by atoms with E-state index in [2.05, 4.69) is 10.4 Å². The van der Waals surface area contributed by atoms with Crippen molar-refractivity contribution >= 4 is 18.0 Å². The second-order valence-corrected chi connectivity index (χ2v) is 3.78. The van der Waals surface area contributed by atoms with Gasteiger partial charge in [0, 0.05) is 19.3 Å². The molecule has 0 saturated heterocycles. The normalized spacial score (nSPS) is 14.4. The molecule has 1 amide bonds. The molecule has 1 heterocycles. The molecule has 3 N–H and O–H groups in total. The highest BCUT2D eigenvalue weighted by molar-refractivity contribution is 5.94. The predicted molar refractivity (Wildman–Crippen MR) is 63.5 cm³/mol. The van der Waals surface area contributed by atoms with Gasteiger partial charge in [-0.1, -0.05) is 0 Å². The number of hydrogen-bond acceptors (Lipinski definition) is 4. The van der Waals surface area contributed by atoms with Gasteiger partial charge in [-0.15, -0.1) is 0 Å². The highest BCUT2D eigenvalue weighted by atomic mass is 16.4. The van der Waals surface area contributed by atoms with Crippen LogP contribution in [0.4, 0.5) is 0 Å². The summed E-state index contributed by atoms with van der Waals surface area (Å²) < 4.78 is 1.56. The number of aryl methyl sites for hydroxylation is 1. The molecular formula is C11H15N3O4. The lowest BCUT2D eigenvalue weighted by Gasteiger charge is -2.15. The van der Waals surface area contributed by atoms with Crippen LogP contribution in [-0.2, 0) is 16.6 Å². The molecule has 0 aromatic carbocycles. The van der Waals surface area contributed by atoms with Crippen molar-refractivity contribution in [3.05, 3.63) is 24.0 Å². The molecule has 0 bridgehead atoms. The number of carboxylic acids is 1. The zero-order valence-electron chi connectivity index (χ0n) is 10.1. The minimum Gasteiger partial charge on any atom is -0.480 e. The Balaban J connectivity index is 2.64. The van der Waals surface area contributed by atoms with Crippen molar-refractivity contribution in [2.75, 3.05) is 0 Å². The summed E-state index contributed by atoms with van der Waals surface area (Å²) in [5, 5.41) is 24.1. The van der Waals surface area contributed by atoms with Crippen molar-refractivity contribution in [2.24, 2.45) is 7.05 Å². The van der Waals surface area contributed by atoms with Crippen molar-refractivity contribution < 1.29 is 19.8 Å². The summed E-state index contributed by atoms with van der Waals surface area (Å²) in [7, 11) is 1.72. The molecule has 0 unspecified atom stereocenters. The van der Waals surface area contributed by atoms with Gasteiger partial charge in [0.2, 0.25) is 5.91 Å². The van der Waals surface area contributed by atoms with Crippen molar-refractivity contribution in [3.63, 3.8) is 0 Å². The van der Waals surface area contributed by atoms with E-state index in [1.807, 2.05) is 0 Å². The molecule has 0 spiro atoms. The minimum atomic E-state index is -1.33. The zero-order valence-corrected chi connectivity index (χ0v) is 10.1. The first-order valence-electron chi connectivity index (χ1n) is 5.29. The molecule has 0 fully saturated rings. The second kappa shape index (κ2) is 5.97. The Morgan fingerprint density at radius 2 is 2.22 bits per heavy atom. The number of carboxylic acid groups (broad SMARTS) is 1. The number of amides is 1. The highest BCUT2D eigenvalue weighted by Crippen LogP contribution is 1.99. The molecule has 0 aliphatic heterocycles. The molecule has 1 aromatic heterocycles. The summed E-state index contributed by atoms with van der Waals surface area (Å²) in [6, 6.07) is 0.376. The fraction of sp³-hybridized carbons (Fsp3) is 0.364. The van der Waals surface area contributed by atoms with Gasteiger partial charge in [0.1, 0.15) is 0 Å². The third-order valence-electron chi connectivity index (χ3n) is 2.31. The van der Waals surface area contributed by atoms with Crippen molar-refractivity contribution in [3.8, 4) is 0 Å². The minimum absolute atomic E-state index is 0.593. The number of aromatic nitrogens is 2. The lowest BCUT2D eigenvalue weighted by Crippen LogP contribution is -2.47. The summed E-state index contributed by atoms with van der Waals surface area (Å²) in [6.45, 7) is 1.30. The van der Waals surface area contributed by atoms with Gasteiger partial charge in [0.25, 0.3) is 0 Å². The van der Waals surface area contributed by atoms with Crippen LogP contribution in [-0.4, -0.2) is 44.0 Å². The number of aliphatic carboxylic acids is 1. The molecule has 0 aliphatic rings. The summed E-state index contributed by atoms with van der Waals surface area (Å²) in [5.41, 5.74) is 0.703. The van der Waals surface area contributed by atoms with Crippen LogP contribution in [0, 0.1) is 0 Å². The lowest BCUT2D eigenvalue weighted by atomic mass is 10.2. The Labute approximate surface area is 104 Å². The topological polar surface area (TPSA) is 104 Å². The maximum absolute atomic E-state index is 11.5. The van der Waals surface area contributed by atoms with E-state index in [1.165, 1.54) is 19.1 Å². The lowest BCUT2D eigenvalue weighted by molar-refractivity contribution is -0.144. The van der Waals surface area contributed by atoms with E-state index in [0.717, 1.165) is 0 Å². The summed E-state index contributed by atoms with van der Waals surface area (Å²) >= 11 is 0. The van der Waals surface area contributed by atoms with Gasteiger partial charge in [-0.2, -0.15) is 5.10 Å². The number of rotatable bonds is 5. The van der Waals surface area contributed by atoms with E-state index in [0.29, 0.717) is 5.69 Å². The van der Waals surface area contributed by atoms with E-state index >= 15 is 0 Å². The van der Waals surface area contributed by atoms with Gasteiger partial charge in [-0.25, -0.2) is 4.79 Å². The number of aliphatic hydroxyl groups excluding tert-OH is 1. The van der Waals surface area contributed by atoms with Crippen molar-refractivity contribution in [2.45, 2.75) is 19.1 Å². The van der Waals surface area contributed by atoms with E-state index in [4.69, 9.17) is 5.11 Å². The molecule has 0 aliphatic carbocycles. The van der Waals surface area contributed by atoms with Crippen LogP contribution in [0.15, 0.2) is 18.3 Å². The number of hydrogen-bond donors (Lipinski definition) is 3. The molecule has 2 atom stereocenters. The van der Waals surface area contributed by atoms with Gasteiger partial charge in [-0.05, 0) is 19.1 Å². The number of carbonyl (C=O) groups excluding carboxylic acids is 1. The molecule has 0 radical (unpaired) electrons. The fourth-order valence-electron chi connectivity index (χ4n) is 1.30.